The molecule has 236 valence electrons. The van der Waals surface area contributed by atoms with Crippen LogP contribution < -0.4 is 15.5 Å². The van der Waals surface area contributed by atoms with Gasteiger partial charge < -0.3 is 20.5 Å². The molecular formula is C37H43N3O5. The zero-order valence-electron chi connectivity index (χ0n) is 25.8. The molecule has 1 heterocycles. The van der Waals surface area contributed by atoms with Crippen molar-refractivity contribution in [2.75, 3.05) is 11.5 Å². The molecule has 3 amide bonds. The van der Waals surface area contributed by atoms with Crippen molar-refractivity contribution in [1.82, 2.24) is 10.6 Å². The molecule has 3 fully saturated rings. The summed E-state index contributed by atoms with van der Waals surface area (Å²) in [6, 6.07) is 26.0. The number of nitrogens with one attached hydrogen (secondary N) is 2. The number of aliphatic hydroxyl groups is 1. The quantitative estimate of drug-likeness (QED) is 0.259. The Kier molecular flexibility index (Phi) is 9.50. The van der Waals surface area contributed by atoms with Gasteiger partial charge in [0.05, 0.1) is 18.2 Å². The molecule has 0 spiro atoms. The minimum atomic E-state index is -0.943. The number of ether oxygens (including phenoxy) is 1. The van der Waals surface area contributed by atoms with Crippen molar-refractivity contribution < 1.29 is 24.2 Å². The van der Waals surface area contributed by atoms with Crippen molar-refractivity contribution in [3.63, 3.8) is 0 Å². The molecular weight excluding hydrogens is 566 g/mol. The van der Waals surface area contributed by atoms with Crippen molar-refractivity contribution in [2.45, 2.75) is 76.1 Å². The SMILES string of the molecule is C[C@H](C[C@H](O)[C@H](Cc1ccccc1)NC(=O)c1cccc(N2C(=O)OCC2Cc2ccccc2)c1)C(=O)NC1CC2CCC1C2. The summed E-state index contributed by atoms with van der Waals surface area (Å²) in [4.78, 5) is 41.1. The third kappa shape index (κ3) is 7.39. The number of fused-ring (bicyclic) bond motifs is 2. The van der Waals surface area contributed by atoms with E-state index < -0.39 is 24.2 Å². The van der Waals surface area contributed by atoms with Gasteiger partial charge in [-0.3, -0.25) is 14.5 Å². The number of carbonyl (C=O) groups excluding carboxylic acids is 3. The molecule has 1 saturated heterocycles. The Labute approximate surface area is 265 Å². The van der Waals surface area contributed by atoms with E-state index in [-0.39, 0.29) is 36.9 Å². The maximum absolute atomic E-state index is 13.7. The van der Waals surface area contributed by atoms with Crippen LogP contribution in [0.3, 0.4) is 0 Å². The molecule has 45 heavy (non-hydrogen) atoms. The molecule has 3 aliphatic rings. The average Bonchev–Trinajstić information content (AvgIpc) is 3.78. The normalized spacial score (nSPS) is 24.1. The molecule has 4 unspecified atom stereocenters. The number of hydrogen-bond acceptors (Lipinski definition) is 5. The smallest absolute Gasteiger partial charge is 0.414 e. The number of anilines is 1. The number of rotatable bonds is 12. The first-order chi connectivity index (χ1) is 21.8. The first-order valence-corrected chi connectivity index (χ1v) is 16.3. The van der Waals surface area contributed by atoms with Gasteiger partial charge in [-0.15, -0.1) is 0 Å². The summed E-state index contributed by atoms with van der Waals surface area (Å²) in [6.07, 6.45) is 4.60. The van der Waals surface area contributed by atoms with Crippen molar-refractivity contribution >= 4 is 23.6 Å². The predicted molar refractivity (Wildman–Crippen MR) is 173 cm³/mol. The van der Waals surface area contributed by atoms with Gasteiger partial charge >= 0.3 is 6.09 Å². The highest BCUT2D eigenvalue weighted by Gasteiger charge is 2.41. The van der Waals surface area contributed by atoms with Crippen molar-refractivity contribution in [2.24, 2.45) is 17.8 Å². The van der Waals surface area contributed by atoms with E-state index >= 15 is 0 Å². The summed E-state index contributed by atoms with van der Waals surface area (Å²) in [7, 11) is 0. The summed E-state index contributed by atoms with van der Waals surface area (Å²) in [6.45, 7) is 2.11. The molecule has 2 aliphatic carbocycles. The monoisotopic (exact) mass is 609 g/mol. The fraction of sp³-hybridized carbons (Fsp3) is 0.432. The topological polar surface area (TPSA) is 108 Å². The van der Waals surface area contributed by atoms with Crippen LogP contribution in [0.25, 0.3) is 0 Å². The summed E-state index contributed by atoms with van der Waals surface area (Å²) in [5, 5.41) is 17.7. The van der Waals surface area contributed by atoms with Gasteiger partial charge in [0, 0.05) is 23.2 Å². The summed E-state index contributed by atoms with van der Waals surface area (Å²) >= 11 is 0. The minimum Gasteiger partial charge on any atom is -0.447 e. The van der Waals surface area contributed by atoms with Crippen LogP contribution >= 0.6 is 0 Å². The van der Waals surface area contributed by atoms with E-state index in [0.717, 1.165) is 23.5 Å². The lowest BCUT2D eigenvalue weighted by Crippen LogP contribution is -2.47. The van der Waals surface area contributed by atoms with Gasteiger partial charge in [-0.05, 0) is 79.7 Å². The van der Waals surface area contributed by atoms with Crippen LogP contribution in [0.15, 0.2) is 84.9 Å². The minimum absolute atomic E-state index is 0.0355. The van der Waals surface area contributed by atoms with E-state index in [1.165, 1.54) is 19.3 Å². The second-order valence-corrected chi connectivity index (χ2v) is 13.1. The highest BCUT2D eigenvalue weighted by molar-refractivity contribution is 5.97. The van der Waals surface area contributed by atoms with Crippen LogP contribution in [0.2, 0.25) is 0 Å². The maximum Gasteiger partial charge on any atom is 0.414 e. The number of benzene rings is 3. The first-order valence-electron chi connectivity index (χ1n) is 16.3. The van der Waals surface area contributed by atoms with Crippen LogP contribution in [0.1, 0.15) is 60.5 Å². The Bertz CT molecular complexity index is 1480. The Morgan fingerprint density at radius 3 is 2.38 bits per heavy atom. The molecule has 0 radical (unpaired) electrons. The zero-order chi connectivity index (χ0) is 31.3. The molecule has 3 aromatic rings. The lowest BCUT2D eigenvalue weighted by Gasteiger charge is -2.28. The molecule has 0 aromatic heterocycles. The first kappa shape index (κ1) is 30.8. The van der Waals surface area contributed by atoms with Crippen LogP contribution in [0.5, 0.6) is 0 Å². The van der Waals surface area contributed by atoms with Crippen LogP contribution in [-0.2, 0) is 22.4 Å². The molecule has 2 saturated carbocycles. The number of aliphatic hydroxyl groups excluding tert-OH is 1. The van der Waals surface area contributed by atoms with Crippen LogP contribution in [0, 0.1) is 17.8 Å². The molecule has 3 aromatic carbocycles. The number of amides is 3. The molecule has 7 atom stereocenters. The Morgan fingerprint density at radius 1 is 0.956 bits per heavy atom. The summed E-state index contributed by atoms with van der Waals surface area (Å²) < 4.78 is 5.40. The second kappa shape index (κ2) is 13.9. The van der Waals surface area contributed by atoms with Crippen LogP contribution in [0.4, 0.5) is 10.5 Å². The number of cyclic esters (lactones) is 1. The molecule has 3 N–H and O–H groups in total. The third-order valence-corrected chi connectivity index (χ3v) is 9.85. The number of hydrogen-bond donors (Lipinski definition) is 3. The average molecular weight is 610 g/mol. The highest BCUT2D eigenvalue weighted by atomic mass is 16.6. The van der Waals surface area contributed by atoms with E-state index in [1.807, 2.05) is 67.6 Å². The molecule has 8 heteroatoms. The highest BCUT2D eigenvalue weighted by Crippen LogP contribution is 2.44. The number of nitrogens with zero attached hydrogens (tertiary/aromatic N) is 1. The van der Waals surface area contributed by atoms with Crippen molar-refractivity contribution in [3.8, 4) is 0 Å². The Hall–Kier alpha value is -4.17. The largest absolute Gasteiger partial charge is 0.447 e. The predicted octanol–water partition coefficient (Wildman–Crippen LogP) is 5.29. The van der Waals surface area contributed by atoms with Crippen molar-refractivity contribution in [1.29, 1.82) is 0 Å². The number of carbonyl (C=O) groups is 3. The van der Waals surface area contributed by atoms with E-state index in [0.29, 0.717) is 30.0 Å². The van der Waals surface area contributed by atoms with E-state index in [1.54, 1.807) is 29.2 Å². The van der Waals surface area contributed by atoms with E-state index in [4.69, 9.17) is 4.74 Å². The molecule has 6 rings (SSSR count). The standard InChI is InChI=1S/C37H43N3O5/c1-24(35(42)38-32-21-27-15-16-28(32)18-27)17-34(41)33(20-26-11-6-3-7-12-26)39-36(43)29-13-8-14-30(22-29)40-31(23-45-37(40)44)19-25-9-4-2-5-10-25/h2-14,22,24,27-28,31-34,41H,15-21,23H2,1H3,(H,38,42)(H,39,43)/t24-,27?,28?,31?,32?,33+,34+/m1/s1. The Balaban J connectivity index is 1.14. The second-order valence-electron chi connectivity index (χ2n) is 13.1. The fourth-order valence-corrected chi connectivity index (χ4v) is 7.39. The summed E-state index contributed by atoms with van der Waals surface area (Å²) in [5.74, 6) is 0.513. The third-order valence-electron chi connectivity index (χ3n) is 9.85. The molecule has 2 bridgehead atoms. The van der Waals surface area contributed by atoms with Gasteiger partial charge in [0.25, 0.3) is 5.91 Å². The summed E-state index contributed by atoms with van der Waals surface area (Å²) in [5.41, 5.74) is 3.02. The van der Waals surface area contributed by atoms with Gasteiger partial charge in [0.15, 0.2) is 0 Å². The van der Waals surface area contributed by atoms with Gasteiger partial charge in [0.2, 0.25) is 5.91 Å². The van der Waals surface area contributed by atoms with Gasteiger partial charge in [-0.25, -0.2) is 4.79 Å². The lowest BCUT2D eigenvalue weighted by atomic mass is 9.92. The van der Waals surface area contributed by atoms with Crippen molar-refractivity contribution in [3.05, 3.63) is 102 Å². The van der Waals surface area contributed by atoms with Gasteiger partial charge in [-0.2, -0.15) is 0 Å². The molecule has 8 nitrogen and oxygen atoms in total. The Morgan fingerprint density at radius 2 is 1.69 bits per heavy atom. The molecule has 1 aliphatic heterocycles. The lowest BCUT2D eigenvalue weighted by molar-refractivity contribution is -0.126. The van der Waals surface area contributed by atoms with Crippen LogP contribution in [-0.4, -0.2) is 53.9 Å². The fourth-order valence-electron chi connectivity index (χ4n) is 7.39. The van der Waals surface area contributed by atoms with Gasteiger partial charge in [0.1, 0.15) is 6.61 Å². The zero-order valence-corrected chi connectivity index (χ0v) is 25.8. The maximum atomic E-state index is 13.7. The van der Waals surface area contributed by atoms with E-state index in [2.05, 4.69) is 10.6 Å². The van der Waals surface area contributed by atoms with E-state index in [9.17, 15) is 19.5 Å². The van der Waals surface area contributed by atoms with Gasteiger partial charge in [-0.1, -0.05) is 80.1 Å².